The lowest BCUT2D eigenvalue weighted by Gasteiger charge is -2.29. The summed E-state index contributed by atoms with van der Waals surface area (Å²) in [6, 6.07) is 8.51. The molecule has 0 aliphatic carbocycles. The highest BCUT2D eigenvalue weighted by Crippen LogP contribution is 2.38. The van der Waals surface area contributed by atoms with E-state index in [-0.39, 0.29) is 17.5 Å². The zero-order valence-corrected chi connectivity index (χ0v) is 19.4. The minimum atomic E-state index is -0.888. The molecule has 1 aliphatic rings. The van der Waals surface area contributed by atoms with Crippen molar-refractivity contribution in [2.24, 2.45) is 5.92 Å². The van der Waals surface area contributed by atoms with Gasteiger partial charge in [0.25, 0.3) is 0 Å². The van der Waals surface area contributed by atoms with Gasteiger partial charge in [0.1, 0.15) is 6.33 Å². The number of nitrogens with zero attached hydrogens (tertiary/aromatic N) is 3. The number of carboxylic acid groups (broad SMARTS) is 1. The molecule has 3 heterocycles. The molecule has 0 spiro atoms. The zero-order valence-electron chi connectivity index (χ0n) is 19.4. The number of piperidine rings is 1. The average Bonchev–Trinajstić information content (AvgIpc) is 3.25. The molecule has 2 aromatic heterocycles. The number of ether oxygens (including phenoxy) is 3. The first kappa shape index (κ1) is 22.7. The van der Waals surface area contributed by atoms with Gasteiger partial charge in [-0.05, 0) is 49.9 Å². The summed E-state index contributed by atoms with van der Waals surface area (Å²) in [7, 11) is 1.53. The Morgan fingerprint density at radius 2 is 1.94 bits per heavy atom. The summed E-state index contributed by atoms with van der Waals surface area (Å²) in [5.41, 5.74) is 2.11. The molecule has 1 aliphatic heterocycles. The fourth-order valence-corrected chi connectivity index (χ4v) is 4.36. The SMILES string of the molecule is COc1cc2c(Oc3ccc4[nH]c(C)cc4c3F)ncnc2cc1OCC1CCN(C(=O)O)CC1. The molecule has 1 saturated heterocycles. The van der Waals surface area contributed by atoms with Gasteiger partial charge in [-0.2, -0.15) is 0 Å². The summed E-state index contributed by atoms with van der Waals surface area (Å²) < 4.78 is 32.5. The van der Waals surface area contributed by atoms with Gasteiger partial charge < -0.3 is 29.2 Å². The Kier molecular flexibility index (Phi) is 6.02. The van der Waals surface area contributed by atoms with Crippen LogP contribution in [0.4, 0.5) is 9.18 Å². The van der Waals surface area contributed by atoms with Crippen LogP contribution in [0.1, 0.15) is 18.5 Å². The molecule has 0 unspecified atom stereocenters. The lowest BCUT2D eigenvalue weighted by Crippen LogP contribution is -2.38. The summed E-state index contributed by atoms with van der Waals surface area (Å²) >= 11 is 0. The van der Waals surface area contributed by atoms with E-state index in [4.69, 9.17) is 19.3 Å². The molecule has 35 heavy (non-hydrogen) atoms. The number of aryl methyl sites for hydroxylation is 1. The van der Waals surface area contributed by atoms with Gasteiger partial charge in [-0.3, -0.25) is 0 Å². The number of nitrogens with one attached hydrogen (secondary N) is 1. The van der Waals surface area contributed by atoms with Gasteiger partial charge in [0, 0.05) is 35.8 Å². The summed E-state index contributed by atoms with van der Waals surface area (Å²) in [5, 5.41) is 10.1. The van der Waals surface area contributed by atoms with E-state index >= 15 is 4.39 Å². The third-order valence-corrected chi connectivity index (χ3v) is 6.29. The molecule has 2 aromatic carbocycles. The maximum Gasteiger partial charge on any atom is 0.407 e. The molecule has 182 valence electrons. The maximum atomic E-state index is 15.1. The monoisotopic (exact) mass is 480 g/mol. The van der Waals surface area contributed by atoms with Crippen molar-refractivity contribution in [3.05, 3.63) is 48.2 Å². The van der Waals surface area contributed by atoms with Crippen LogP contribution < -0.4 is 14.2 Å². The molecule has 4 aromatic rings. The Hall–Kier alpha value is -4.08. The van der Waals surface area contributed by atoms with Gasteiger partial charge in [-0.25, -0.2) is 19.2 Å². The van der Waals surface area contributed by atoms with Crippen molar-refractivity contribution in [3.63, 3.8) is 0 Å². The number of rotatable bonds is 6. The first-order chi connectivity index (χ1) is 16.9. The van der Waals surface area contributed by atoms with E-state index in [0.717, 1.165) is 18.5 Å². The summed E-state index contributed by atoms with van der Waals surface area (Å²) in [6.07, 6.45) is 1.94. The number of amides is 1. The quantitative estimate of drug-likeness (QED) is 0.394. The number of H-pyrrole nitrogens is 1. The molecular weight excluding hydrogens is 455 g/mol. The third kappa shape index (κ3) is 4.51. The van der Waals surface area contributed by atoms with Crippen molar-refractivity contribution < 1.29 is 28.5 Å². The van der Waals surface area contributed by atoms with Crippen LogP contribution in [0, 0.1) is 18.7 Å². The predicted molar refractivity (Wildman–Crippen MR) is 127 cm³/mol. The maximum absolute atomic E-state index is 15.1. The molecule has 1 amide bonds. The minimum Gasteiger partial charge on any atom is -0.493 e. The molecule has 0 atom stereocenters. The number of likely N-dealkylation sites (tertiary alicyclic amines) is 1. The van der Waals surface area contributed by atoms with Gasteiger partial charge >= 0.3 is 6.09 Å². The molecule has 10 heteroatoms. The van der Waals surface area contributed by atoms with Crippen LogP contribution >= 0.6 is 0 Å². The normalized spacial score (nSPS) is 14.4. The zero-order chi connectivity index (χ0) is 24.5. The highest BCUT2D eigenvalue weighted by molar-refractivity contribution is 5.87. The number of hydrogen-bond donors (Lipinski definition) is 2. The molecule has 5 rings (SSSR count). The van der Waals surface area contributed by atoms with Gasteiger partial charge in [0.15, 0.2) is 23.1 Å². The fourth-order valence-electron chi connectivity index (χ4n) is 4.36. The number of methoxy groups -OCH3 is 1. The summed E-state index contributed by atoms with van der Waals surface area (Å²) in [6.45, 7) is 3.29. The van der Waals surface area contributed by atoms with Crippen LogP contribution in [0.2, 0.25) is 0 Å². The Morgan fingerprint density at radius 3 is 2.69 bits per heavy atom. The molecule has 0 bridgehead atoms. The first-order valence-electron chi connectivity index (χ1n) is 11.3. The molecule has 9 nitrogen and oxygen atoms in total. The number of carbonyl (C=O) groups is 1. The number of hydrogen-bond acceptors (Lipinski definition) is 6. The summed E-state index contributed by atoms with van der Waals surface area (Å²) in [5.74, 6) is 1.01. The van der Waals surface area contributed by atoms with E-state index in [1.165, 1.54) is 18.3 Å². The smallest absolute Gasteiger partial charge is 0.407 e. The number of aromatic amines is 1. The number of fused-ring (bicyclic) bond motifs is 2. The van der Waals surface area contributed by atoms with Crippen LogP contribution in [0.25, 0.3) is 21.8 Å². The van der Waals surface area contributed by atoms with E-state index in [0.29, 0.717) is 53.0 Å². The first-order valence-corrected chi connectivity index (χ1v) is 11.3. The fraction of sp³-hybridized carbons (Fsp3) is 0.320. The lowest BCUT2D eigenvalue weighted by molar-refractivity contribution is 0.111. The minimum absolute atomic E-state index is 0.0588. The summed E-state index contributed by atoms with van der Waals surface area (Å²) in [4.78, 5) is 24.2. The number of aromatic nitrogens is 3. The topological polar surface area (TPSA) is 110 Å². The second-order valence-electron chi connectivity index (χ2n) is 8.62. The van der Waals surface area contributed by atoms with Crippen molar-refractivity contribution in [1.82, 2.24) is 19.9 Å². The third-order valence-electron chi connectivity index (χ3n) is 6.29. The van der Waals surface area contributed by atoms with E-state index < -0.39 is 11.9 Å². The Balaban J connectivity index is 1.38. The van der Waals surface area contributed by atoms with E-state index in [2.05, 4.69) is 15.0 Å². The van der Waals surface area contributed by atoms with Crippen LogP contribution in [-0.2, 0) is 0 Å². The highest BCUT2D eigenvalue weighted by atomic mass is 19.1. The van der Waals surface area contributed by atoms with E-state index in [9.17, 15) is 4.79 Å². The largest absolute Gasteiger partial charge is 0.493 e. The Labute approximate surface area is 200 Å². The molecular formula is C25H25FN4O5. The van der Waals surface area contributed by atoms with Gasteiger partial charge in [0.05, 0.1) is 24.6 Å². The van der Waals surface area contributed by atoms with Crippen LogP contribution in [0.15, 0.2) is 36.7 Å². The van der Waals surface area contributed by atoms with Gasteiger partial charge in [-0.1, -0.05) is 0 Å². The van der Waals surface area contributed by atoms with Crippen molar-refractivity contribution in [3.8, 4) is 23.1 Å². The van der Waals surface area contributed by atoms with Crippen LogP contribution in [-0.4, -0.2) is 57.9 Å². The predicted octanol–water partition coefficient (Wildman–Crippen LogP) is 5.13. The Bertz CT molecular complexity index is 1400. The molecule has 0 radical (unpaired) electrons. The van der Waals surface area contributed by atoms with Crippen molar-refractivity contribution >= 4 is 27.9 Å². The van der Waals surface area contributed by atoms with Crippen molar-refractivity contribution in [1.29, 1.82) is 0 Å². The number of benzene rings is 2. The molecule has 0 saturated carbocycles. The highest BCUT2D eigenvalue weighted by Gasteiger charge is 2.23. The lowest BCUT2D eigenvalue weighted by atomic mass is 9.98. The van der Waals surface area contributed by atoms with E-state index in [1.807, 2.05) is 6.92 Å². The van der Waals surface area contributed by atoms with Gasteiger partial charge in [-0.15, -0.1) is 0 Å². The number of halogens is 1. The van der Waals surface area contributed by atoms with Crippen molar-refractivity contribution in [2.75, 3.05) is 26.8 Å². The van der Waals surface area contributed by atoms with Crippen LogP contribution in [0.3, 0.4) is 0 Å². The second-order valence-corrected chi connectivity index (χ2v) is 8.62. The van der Waals surface area contributed by atoms with Gasteiger partial charge in [0.2, 0.25) is 5.88 Å². The van der Waals surface area contributed by atoms with Crippen LogP contribution in [0.5, 0.6) is 23.1 Å². The molecule has 1 fully saturated rings. The second kappa shape index (κ2) is 9.28. The molecule has 2 N–H and O–H groups in total. The Morgan fingerprint density at radius 1 is 1.14 bits per heavy atom. The van der Waals surface area contributed by atoms with Crippen molar-refractivity contribution in [2.45, 2.75) is 19.8 Å². The average molecular weight is 480 g/mol. The standard InChI is InChI=1S/C25H25FN4O5/c1-14-9-16-18(29-14)3-4-20(23(16)26)35-24-17-10-21(33-2)22(11-19(17)27-13-28-24)34-12-15-5-7-30(8-6-15)25(31)32/h3-4,9-11,13,15,29H,5-8,12H2,1-2H3,(H,31,32). The van der Waals surface area contributed by atoms with E-state index in [1.54, 1.807) is 30.3 Å².